The van der Waals surface area contributed by atoms with Crippen LogP contribution in [-0.2, 0) is 40.6 Å². The van der Waals surface area contributed by atoms with Crippen LogP contribution in [0, 0.1) is 0 Å². The molecule has 0 aliphatic rings. The minimum absolute atomic E-state index is 0.0357. The third-order valence-corrected chi connectivity index (χ3v) is 5.25. The van der Waals surface area contributed by atoms with Crippen LogP contribution in [-0.4, -0.2) is 45.0 Å². The first-order chi connectivity index (χ1) is 14.4. The molecule has 164 valence electrons. The second-order valence-electron chi connectivity index (χ2n) is 6.14. The maximum atomic E-state index is 12.5. The number of aliphatic hydroxyl groups is 3. The van der Waals surface area contributed by atoms with Crippen molar-refractivity contribution in [1.82, 2.24) is 4.57 Å². The average Bonchev–Trinajstić information content (AvgIpc) is 2.96. The highest BCUT2D eigenvalue weighted by Crippen LogP contribution is 2.43. The van der Waals surface area contributed by atoms with E-state index in [-0.39, 0.29) is 53.4 Å². The third kappa shape index (κ3) is 4.63. The maximum absolute atomic E-state index is 12.5. The number of benzene rings is 1. The molecule has 0 radical (unpaired) electrons. The highest BCUT2D eigenvalue weighted by atomic mass is 35.5. The van der Waals surface area contributed by atoms with Crippen molar-refractivity contribution in [1.29, 1.82) is 0 Å². The van der Waals surface area contributed by atoms with Gasteiger partial charge in [0.2, 0.25) is 0 Å². The zero-order valence-corrected chi connectivity index (χ0v) is 18.1. The van der Waals surface area contributed by atoms with Gasteiger partial charge in [-0.3, -0.25) is 4.79 Å². The van der Waals surface area contributed by atoms with Crippen LogP contribution in [0.4, 0.5) is 0 Å². The number of rotatable bonds is 9. The molecule has 3 N–H and O–H groups in total. The molecular formula is C20H23Cl2NO7. The largest absolute Gasteiger partial charge is 0.465 e. The zero-order chi connectivity index (χ0) is 22.4. The average molecular weight is 460 g/mol. The van der Waals surface area contributed by atoms with Crippen molar-refractivity contribution in [2.24, 2.45) is 0 Å². The van der Waals surface area contributed by atoms with Crippen LogP contribution in [0.5, 0.6) is 0 Å². The first-order valence-electron chi connectivity index (χ1n) is 9.22. The van der Waals surface area contributed by atoms with Gasteiger partial charge in [-0.15, -0.1) is 0 Å². The maximum Gasteiger partial charge on any atom is 0.356 e. The Morgan fingerprint density at radius 2 is 1.60 bits per heavy atom. The molecule has 1 aromatic carbocycles. The fraction of sp³-hybridized carbons (Fsp3) is 0.400. The van der Waals surface area contributed by atoms with Gasteiger partial charge in [0.15, 0.2) is 0 Å². The zero-order valence-electron chi connectivity index (χ0n) is 16.6. The van der Waals surface area contributed by atoms with Crippen molar-refractivity contribution in [2.45, 2.75) is 40.2 Å². The number of aliphatic hydroxyl groups excluding tert-OH is 3. The van der Waals surface area contributed by atoms with Gasteiger partial charge in [-0.25, -0.2) is 4.79 Å². The topological polar surface area (TPSA) is 118 Å². The van der Waals surface area contributed by atoms with E-state index >= 15 is 0 Å². The van der Waals surface area contributed by atoms with Crippen molar-refractivity contribution in [3.63, 3.8) is 0 Å². The molecule has 8 nitrogen and oxygen atoms in total. The van der Waals surface area contributed by atoms with Crippen molar-refractivity contribution >= 4 is 35.1 Å². The molecule has 0 aliphatic heterocycles. The molecule has 0 unspecified atom stereocenters. The fourth-order valence-electron chi connectivity index (χ4n) is 3.17. The van der Waals surface area contributed by atoms with Gasteiger partial charge in [-0.1, -0.05) is 35.3 Å². The van der Waals surface area contributed by atoms with Gasteiger partial charge in [0, 0.05) is 5.56 Å². The second kappa shape index (κ2) is 10.8. The molecule has 0 aliphatic carbocycles. The number of ether oxygens (including phenoxy) is 2. The molecule has 30 heavy (non-hydrogen) atoms. The Morgan fingerprint density at radius 1 is 0.967 bits per heavy atom. The normalized spacial score (nSPS) is 10.9. The summed E-state index contributed by atoms with van der Waals surface area (Å²) in [5, 5.41) is 29.1. The Labute approximate surface area is 183 Å². The van der Waals surface area contributed by atoms with E-state index in [1.54, 1.807) is 26.0 Å². The van der Waals surface area contributed by atoms with E-state index in [4.69, 9.17) is 32.7 Å². The summed E-state index contributed by atoms with van der Waals surface area (Å²) in [6.45, 7) is 1.84. The van der Waals surface area contributed by atoms with Crippen molar-refractivity contribution in [2.75, 3.05) is 13.2 Å². The Bertz CT molecular complexity index is 940. The van der Waals surface area contributed by atoms with Gasteiger partial charge in [0.25, 0.3) is 0 Å². The van der Waals surface area contributed by atoms with E-state index < -0.39 is 25.2 Å². The highest BCUT2D eigenvalue weighted by Gasteiger charge is 2.30. The molecular weight excluding hydrogens is 437 g/mol. The van der Waals surface area contributed by atoms with Gasteiger partial charge >= 0.3 is 11.9 Å². The molecule has 2 rings (SSSR count). The summed E-state index contributed by atoms with van der Waals surface area (Å²) in [6, 6.07) is 3.12. The van der Waals surface area contributed by atoms with Gasteiger partial charge in [-0.05, 0) is 36.1 Å². The second-order valence-corrected chi connectivity index (χ2v) is 6.88. The van der Waals surface area contributed by atoms with Crippen LogP contribution in [0.3, 0.4) is 0 Å². The molecule has 0 fully saturated rings. The SMILES string of the molecule is CCOC(=O)Cn1c(Cl)c(-c2ccc(CO)c(CO)c2CO)c(Cl)c1C(=O)OCC. The molecule has 1 aromatic heterocycles. The molecule has 1 heterocycles. The number of esters is 2. The Morgan fingerprint density at radius 3 is 2.13 bits per heavy atom. The van der Waals surface area contributed by atoms with E-state index in [1.165, 1.54) is 4.57 Å². The molecule has 0 bridgehead atoms. The van der Waals surface area contributed by atoms with Crippen LogP contribution < -0.4 is 0 Å². The van der Waals surface area contributed by atoms with Gasteiger partial charge < -0.3 is 29.4 Å². The summed E-state index contributed by atoms with van der Waals surface area (Å²) in [5.74, 6) is -1.41. The lowest BCUT2D eigenvalue weighted by Crippen LogP contribution is -2.19. The fourth-order valence-corrected chi connectivity index (χ4v) is 3.93. The monoisotopic (exact) mass is 459 g/mol. The first-order valence-corrected chi connectivity index (χ1v) is 9.98. The number of halogens is 2. The molecule has 0 amide bonds. The summed E-state index contributed by atoms with van der Waals surface area (Å²) in [4.78, 5) is 24.6. The lowest BCUT2D eigenvalue weighted by Gasteiger charge is -2.15. The van der Waals surface area contributed by atoms with Crippen LogP contribution in [0.15, 0.2) is 12.1 Å². The summed E-state index contributed by atoms with van der Waals surface area (Å²) in [7, 11) is 0. The number of carbonyl (C=O) groups excluding carboxylic acids is 2. The summed E-state index contributed by atoms with van der Waals surface area (Å²) >= 11 is 13.0. The lowest BCUT2D eigenvalue weighted by atomic mass is 9.93. The van der Waals surface area contributed by atoms with E-state index in [0.29, 0.717) is 16.7 Å². The van der Waals surface area contributed by atoms with E-state index in [2.05, 4.69) is 0 Å². The van der Waals surface area contributed by atoms with Crippen LogP contribution in [0.2, 0.25) is 10.2 Å². The Balaban J connectivity index is 2.78. The van der Waals surface area contributed by atoms with Crippen molar-refractivity contribution in [3.05, 3.63) is 44.7 Å². The summed E-state index contributed by atoms with van der Waals surface area (Å²) < 4.78 is 11.2. The minimum Gasteiger partial charge on any atom is -0.465 e. The molecule has 0 spiro atoms. The number of nitrogens with zero attached hydrogens (tertiary/aromatic N) is 1. The molecule has 10 heteroatoms. The van der Waals surface area contributed by atoms with E-state index in [9.17, 15) is 24.9 Å². The van der Waals surface area contributed by atoms with Crippen LogP contribution in [0.1, 0.15) is 41.0 Å². The number of hydrogen-bond donors (Lipinski definition) is 3. The number of aromatic nitrogens is 1. The predicted molar refractivity (Wildman–Crippen MR) is 110 cm³/mol. The van der Waals surface area contributed by atoms with E-state index in [1.807, 2.05) is 0 Å². The standard InChI is InChI=1S/C20H23Cl2NO7/c1-3-29-15(27)7-23-18(20(28)30-4-2)17(21)16(19(23)22)12-6-5-11(8-24)13(9-25)14(12)10-26/h5-6,24-26H,3-4,7-10H2,1-2H3. The number of carbonyl (C=O) groups is 2. The molecule has 0 atom stereocenters. The van der Waals surface area contributed by atoms with Crippen LogP contribution in [0.25, 0.3) is 11.1 Å². The lowest BCUT2D eigenvalue weighted by molar-refractivity contribution is -0.143. The van der Waals surface area contributed by atoms with Crippen molar-refractivity contribution in [3.8, 4) is 11.1 Å². The molecule has 0 saturated carbocycles. The Kier molecular flexibility index (Phi) is 8.69. The van der Waals surface area contributed by atoms with Crippen LogP contribution >= 0.6 is 23.2 Å². The van der Waals surface area contributed by atoms with Gasteiger partial charge in [0.05, 0.1) is 38.1 Å². The van der Waals surface area contributed by atoms with Gasteiger partial charge in [0.1, 0.15) is 17.4 Å². The summed E-state index contributed by atoms with van der Waals surface area (Å²) in [5.41, 5.74) is 1.44. The highest BCUT2D eigenvalue weighted by molar-refractivity contribution is 6.41. The first kappa shape index (κ1) is 24.2. The quantitative estimate of drug-likeness (QED) is 0.493. The third-order valence-electron chi connectivity index (χ3n) is 4.49. The predicted octanol–water partition coefficient (Wildman–Crippen LogP) is 2.68. The smallest absolute Gasteiger partial charge is 0.356 e. The number of hydrogen-bond acceptors (Lipinski definition) is 7. The molecule has 0 saturated heterocycles. The van der Waals surface area contributed by atoms with E-state index in [0.717, 1.165) is 0 Å². The summed E-state index contributed by atoms with van der Waals surface area (Å²) in [6.07, 6.45) is 0. The molecule has 2 aromatic rings. The minimum atomic E-state index is -0.778. The van der Waals surface area contributed by atoms with Gasteiger partial charge in [-0.2, -0.15) is 0 Å². The van der Waals surface area contributed by atoms with Crippen molar-refractivity contribution < 1.29 is 34.4 Å². The Hall–Kier alpha value is -2.10.